The van der Waals surface area contributed by atoms with Gasteiger partial charge in [0.2, 0.25) is 5.91 Å². The molecule has 1 N–H and O–H groups in total. The summed E-state index contributed by atoms with van der Waals surface area (Å²) in [6.45, 7) is 1.81. The minimum atomic E-state index is -0.487. The highest BCUT2D eigenvalue weighted by molar-refractivity contribution is 5.89. The lowest BCUT2D eigenvalue weighted by molar-refractivity contribution is -0.121. The molecular formula is C23H26N2O5. The van der Waals surface area contributed by atoms with Crippen LogP contribution >= 0.6 is 0 Å². The number of hydrogen-bond donors (Lipinski definition) is 1. The number of benzene rings is 2. The van der Waals surface area contributed by atoms with Crippen molar-refractivity contribution in [2.75, 3.05) is 28.4 Å². The minimum absolute atomic E-state index is 0.0888. The van der Waals surface area contributed by atoms with Gasteiger partial charge in [-0.1, -0.05) is 13.0 Å². The molecule has 0 bridgehead atoms. The summed E-state index contributed by atoms with van der Waals surface area (Å²) in [7, 11) is 6.35. The maximum absolute atomic E-state index is 12.4. The zero-order chi connectivity index (χ0) is 21.7. The number of pyridine rings is 1. The molecule has 0 spiro atoms. The van der Waals surface area contributed by atoms with E-state index in [0.29, 0.717) is 35.1 Å². The molecule has 30 heavy (non-hydrogen) atoms. The van der Waals surface area contributed by atoms with E-state index in [1.54, 1.807) is 34.6 Å². The second kappa shape index (κ2) is 9.35. The molecule has 158 valence electrons. The third-order valence-corrected chi connectivity index (χ3v) is 4.94. The second-order valence-electron chi connectivity index (χ2n) is 6.59. The van der Waals surface area contributed by atoms with Crippen LogP contribution < -0.4 is 24.3 Å². The van der Waals surface area contributed by atoms with E-state index in [1.165, 1.54) is 0 Å². The molecule has 0 radical (unpaired) electrons. The predicted molar refractivity (Wildman–Crippen MR) is 115 cm³/mol. The summed E-state index contributed by atoms with van der Waals surface area (Å²) in [5, 5.41) is 4.85. The highest BCUT2D eigenvalue weighted by Crippen LogP contribution is 2.37. The van der Waals surface area contributed by atoms with Crippen LogP contribution in [0.4, 0.5) is 0 Å². The smallest absolute Gasteiger partial charge is 0.220 e. The van der Waals surface area contributed by atoms with E-state index >= 15 is 0 Å². The van der Waals surface area contributed by atoms with Gasteiger partial charge in [0.05, 0.1) is 40.2 Å². The largest absolute Gasteiger partial charge is 0.493 e. The topological polar surface area (TPSA) is 78.9 Å². The zero-order valence-corrected chi connectivity index (χ0v) is 17.8. The molecule has 0 saturated carbocycles. The number of aromatic nitrogens is 1. The van der Waals surface area contributed by atoms with Crippen LogP contribution in [0.1, 0.15) is 30.6 Å². The fraction of sp³-hybridized carbons (Fsp3) is 0.304. The van der Waals surface area contributed by atoms with Gasteiger partial charge < -0.3 is 24.3 Å². The van der Waals surface area contributed by atoms with Crippen molar-refractivity contribution in [1.82, 2.24) is 10.3 Å². The Bertz CT molecular complexity index is 1050. The van der Waals surface area contributed by atoms with E-state index in [-0.39, 0.29) is 5.91 Å². The van der Waals surface area contributed by atoms with E-state index in [9.17, 15) is 4.79 Å². The van der Waals surface area contributed by atoms with Crippen LogP contribution in [0.3, 0.4) is 0 Å². The molecule has 3 rings (SSSR count). The van der Waals surface area contributed by atoms with Crippen molar-refractivity contribution in [1.29, 1.82) is 0 Å². The molecule has 0 fully saturated rings. The Morgan fingerprint density at radius 3 is 2.17 bits per heavy atom. The molecule has 1 heterocycles. The third-order valence-electron chi connectivity index (χ3n) is 4.94. The first-order valence-corrected chi connectivity index (χ1v) is 9.58. The summed E-state index contributed by atoms with van der Waals surface area (Å²) < 4.78 is 21.7. The lowest BCUT2D eigenvalue weighted by atomic mass is 9.97. The van der Waals surface area contributed by atoms with E-state index in [4.69, 9.17) is 18.9 Å². The Labute approximate surface area is 175 Å². The minimum Gasteiger partial charge on any atom is -0.493 e. The molecule has 1 unspecified atom stereocenters. The molecule has 2 aromatic carbocycles. The van der Waals surface area contributed by atoms with Crippen LogP contribution in [0.15, 0.2) is 42.6 Å². The van der Waals surface area contributed by atoms with Gasteiger partial charge in [-0.15, -0.1) is 0 Å². The molecule has 1 aromatic heterocycles. The third kappa shape index (κ3) is 4.10. The van der Waals surface area contributed by atoms with Gasteiger partial charge in [0.1, 0.15) is 0 Å². The standard InChI is InChI=1S/C23H26N2O5/c1-6-21(26)25-22(15-7-8-17(27-2)18(12-15)28-3)23-16-13-20(30-5)19(29-4)11-14(16)9-10-24-23/h7-13,22H,6H2,1-5H3,(H,25,26). The molecular weight excluding hydrogens is 384 g/mol. The van der Waals surface area contributed by atoms with Crippen molar-refractivity contribution in [3.05, 3.63) is 53.9 Å². The molecule has 1 atom stereocenters. The molecule has 0 aliphatic carbocycles. The summed E-state index contributed by atoms with van der Waals surface area (Å²) in [4.78, 5) is 17.0. The van der Waals surface area contributed by atoms with Crippen molar-refractivity contribution < 1.29 is 23.7 Å². The fourth-order valence-electron chi connectivity index (χ4n) is 3.36. The van der Waals surface area contributed by atoms with Crippen molar-refractivity contribution in [2.45, 2.75) is 19.4 Å². The fourth-order valence-corrected chi connectivity index (χ4v) is 3.36. The van der Waals surface area contributed by atoms with Crippen molar-refractivity contribution >= 4 is 16.7 Å². The molecule has 0 aliphatic rings. The average Bonchev–Trinajstić information content (AvgIpc) is 2.80. The van der Waals surface area contributed by atoms with Crippen molar-refractivity contribution in [3.8, 4) is 23.0 Å². The van der Waals surface area contributed by atoms with E-state index in [0.717, 1.165) is 16.3 Å². The summed E-state index contributed by atoms with van der Waals surface area (Å²) in [6.07, 6.45) is 2.07. The van der Waals surface area contributed by atoms with Crippen LogP contribution in [0.25, 0.3) is 10.8 Å². The predicted octanol–water partition coefficient (Wildman–Crippen LogP) is 3.88. The van der Waals surface area contributed by atoms with Gasteiger partial charge in [-0.2, -0.15) is 0 Å². The highest BCUT2D eigenvalue weighted by atomic mass is 16.5. The van der Waals surface area contributed by atoms with Crippen LogP contribution in [0.5, 0.6) is 23.0 Å². The molecule has 0 aliphatic heterocycles. The first-order chi connectivity index (χ1) is 14.6. The second-order valence-corrected chi connectivity index (χ2v) is 6.59. The van der Waals surface area contributed by atoms with Gasteiger partial charge in [-0.3, -0.25) is 9.78 Å². The maximum Gasteiger partial charge on any atom is 0.220 e. The number of methoxy groups -OCH3 is 4. The zero-order valence-electron chi connectivity index (χ0n) is 17.8. The number of carbonyl (C=O) groups is 1. The quantitative estimate of drug-likeness (QED) is 0.607. The van der Waals surface area contributed by atoms with Crippen molar-refractivity contribution in [2.24, 2.45) is 0 Å². The molecule has 1 amide bonds. The Morgan fingerprint density at radius 1 is 0.900 bits per heavy atom. The SMILES string of the molecule is CCC(=O)NC(c1ccc(OC)c(OC)c1)c1nccc2cc(OC)c(OC)cc12. The van der Waals surface area contributed by atoms with E-state index in [2.05, 4.69) is 10.3 Å². The Hall–Kier alpha value is -3.48. The average molecular weight is 410 g/mol. The van der Waals surface area contributed by atoms with Gasteiger partial charge in [0.15, 0.2) is 23.0 Å². The number of nitrogens with one attached hydrogen (secondary N) is 1. The summed E-state index contributed by atoms with van der Waals surface area (Å²) in [6, 6.07) is 10.7. The Morgan fingerprint density at radius 2 is 1.53 bits per heavy atom. The number of amides is 1. The lowest BCUT2D eigenvalue weighted by Gasteiger charge is -2.22. The number of nitrogens with zero attached hydrogens (tertiary/aromatic N) is 1. The van der Waals surface area contributed by atoms with Crippen LogP contribution in [-0.2, 0) is 4.79 Å². The lowest BCUT2D eigenvalue weighted by Crippen LogP contribution is -2.29. The monoisotopic (exact) mass is 410 g/mol. The Kier molecular flexibility index (Phi) is 6.61. The van der Waals surface area contributed by atoms with Gasteiger partial charge in [-0.05, 0) is 41.3 Å². The normalized spacial score (nSPS) is 11.6. The first kappa shape index (κ1) is 21.2. The van der Waals surface area contributed by atoms with E-state index in [1.807, 2.05) is 43.3 Å². The van der Waals surface area contributed by atoms with Crippen LogP contribution in [0.2, 0.25) is 0 Å². The van der Waals surface area contributed by atoms with Gasteiger partial charge in [0.25, 0.3) is 0 Å². The number of hydrogen-bond acceptors (Lipinski definition) is 6. The maximum atomic E-state index is 12.4. The van der Waals surface area contributed by atoms with Gasteiger partial charge >= 0.3 is 0 Å². The number of rotatable bonds is 8. The molecule has 7 heteroatoms. The van der Waals surface area contributed by atoms with E-state index < -0.39 is 6.04 Å². The highest BCUT2D eigenvalue weighted by Gasteiger charge is 2.23. The van der Waals surface area contributed by atoms with Crippen molar-refractivity contribution in [3.63, 3.8) is 0 Å². The number of fused-ring (bicyclic) bond motifs is 1. The summed E-state index contributed by atoms with van der Waals surface area (Å²) >= 11 is 0. The first-order valence-electron chi connectivity index (χ1n) is 9.58. The Balaban J connectivity index is 2.22. The summed E-state index contributed by atoms with van der Waals surface area (Å²) in [5.41, 5.74) is 1.52. The molecule has 7 nitrogen and oxygen atoms in total. The van der Waals surface area contributed by atoms with Gasteiger partial charge in [0, 0.05) is 18.0 Å². The number of carbonyl (C=O) groups excluding carboxylic acids is 1. The molecule has 3 aromatic rings. The molecule has 0 saturated heterocycles. The van der Waals surface area contributed by atoms with Crippen LogP contribution in [-0.4, -0.2) is 39.3 Å². The summed E-state index contributed by atoms with van der Waals surface area (Å²) in [5.74, 6) is 2.31. The van der Waals surface area contributed by atoms with Crippen LogP contribution in [0, 0.1) is 0 Å². The number of ether oxygens (including phenoxy) is 4. The van der Waals surface area contributed by atoms with Gasteiger partial charge in [-0.25, -0.2) is 0 Å².